The van der Waals surface area contributed by atoms with E-state index in [0.29, 0.717) is 0 Å². The van der Waals surface area contributed by atoms with E-state index >= 15 is 0 Å². The van der Waals surface area contributed by atoms with Gasteiger partial charge in [0.1, 0.15) is 10.8 Å². The lowest BCUT2D eigenvalue weighted by molar-refractivity contribution is -0.133. The van der Waals surface area contributed by atoms with Crippen LogP contribution in [0.1, 0.15) is 10.6 Å². The SMILES string of the molecule is COc1cccc(C=C(SCC(=O)O)c2nc3ccccc3s2)c1. The van der Waals surface area contributed by atoms with Gasteiger partial charge in [0.2, 0.25) is 0 Å². The molecule has 0 aliphatic rings. The first-order valence-corrected chi connectivity index (χ1v) is 9.02. The number of methoxy groups -OCH3 is 1. The van der Waals surface area contributed by atoms with Crippen LogP contribution in [0, 0.1) is 0 Å². The molecule has 0 aliphatic carbocycles. The average molecular weight is 357 g/mol. The van der Waals surface area contributed by atoms with Crippen LogP contribution < -0.4 is 4.74 Å². The van der Waals surface area contributed by atoms with Gasteiger partial charge in [-0.3, -0.25) is 4.79 Å². The summed E-state index contributed by atoms with van der Waals surface area (Å²) in [7, 11) is 1.62. The van der Waals surface area contributed by atoms with Gasteiger partial charge in [-0.2, -0.15) is 0 Å². The number of thioether (sulfide) groups is 1. The molecule has 3 aromatic rings. The lowest BCUT2D eigenvalue weighted by Crippen LogP contribution is -1.98. The molecule has 0 atom stereocenters. The molecule has 1 aromatic heterocycles. The molecular weight excluding hydrogens is 342 g/mol. The summed E-state index contributed by atoms with van der Waals surface area (Å²) in [6.45, 7) is 0. The smallest absolute Gasteiger partial charge is 0.313 e. The maximum absolute atomic E-state index is 11.0. The summed E-state index contributed by atoms with van der Waals surface area (Å²) in [6.07, 6.45) is 1.95. The van der Waals surface area contributed by atoms with E-state index in [1.807, 2.05) is 54.6 Å². The standard InChI is InChI=1S/C18H15NO3S2/c1-22-13-6-4-5-12(9-13)10-16(23-11-17(20)21)18-19-14-7-2-3-8-15(14)24-18/h2-10H,11H2,1H3,(H,20,21). The van der Waals surface area contributed by atoms with Crippen molar-refractivity contribution in [1.29, 1.82) is 0 Å². The van der Waals surface area contributed by atoms with E-state index in [1.165, 1.54) is 11.8 Å². The maximum Gasteiger partial charge on any atom is 0.313 e. The summed E-state index contributed by atoms with van der Waals surface area (Å²) >= 11 is 2.84. The Hall–Kier alpha value is -2.31. The average Bonchev–Trinajstić information content (AvgIpc) is 3.02. The highest BCUT2D eigenvalue weighted by atomic mass is 32.2. The molecule has 0 spiro atoms. The molecule has 0 radical (unpaired) electrons. The first kappa shape index (κ1) is 16.5. The van der Waals surface area contributed by atoms with Gasteiger partial charge < -0.3 is 9.84 Å². The highest BCUT2D eigenvalue weighted by Crippen LogP contribution is 2.35. The summed E-state index contributed by atoms with van der Waals surface area (Å²) in [4.78, 5) is 16.4. The van der Waals surface area contributed by atoms with Gasteiger partial charge in [-0.25, -0.2) is 4.98 Å². The fraction of sp³-hybridized carbons (Fsp3) is 0.111. The Morgan fingerprint density at radius 3 is 2.88 bits per heavy atom. The van der Waals surface area contributed by atoms with Gasteiger partial charge in [0.15, 0.2) is 0 Å². The Morgan fingerprint density at radius 2 is 2.12 bits per heavy atom. The van der Waals surface area contributed by atoms with E-state index in [1.54, 1.807) is 18.4 Å². The van der Waals surface area contributed by atoms with Gasteiger partial charge in [0.25, 0.3) is 0 Å². The number of carbonyl (C=O) groups is 1. The van der Waals surface area contributed by atoms with E-state index in [2.05, 4.69) is 4.98 Å². The van der Waals surface area contributed by atoms with Crippen LogP contribution in [0.15, 0.2) is 48.5 Å². The number of fused-ring (bicyclic) bond motifs is 1. The predicted octanol–water partition coefficient (Wildman–Crippen LogP) is 4.62. The lowest BCUT2D eigenvalue weighted by atomic mass is 10.2. The third-order valence-electron chi connectivity index (χ3n) is 3.25. The number of para-hydroxylation sites is 1. The number of benzene rings is 2. The van der Waals surface area contributed by atoms with Gasteiger partial charge in [-0.05, 0) is 35.9 Å². The highest BCUT2D eigenvalue weighted by molar-refractivity contribution is 8.09. The number of hydrogen-bond acceptors (Lipinski definition) is 5. The maximum atomic E-state index is 11.0. The monoisotopic (exact) mass is 357 g/mol. The molecule has 6 heteroatoms. The van der Waals surface area contributed by atoms with Crippen LogP contribution in [0.4, 0.5) is 0 Å². The summed E-state index contributed by atoms with van der Waals surface area (Å²) in [5, 5.41) is 9.84. The van der Waals surface area contributed by atoms with Crippen molar-refractivity contribution in [2.75, 3.05) is 12.9 Å². The summed E-state index contributed by atoms with van der Waals surface area (Å²) in [6, 6.07) is 15.5. The molecule has 0 unspecified atom stereocenters. The van der Waals surface area contributed by atoms with Crippen molar-refractivity contribution in [3.63, 3.8) is 0 Å². The Bertz CT molecular complexity index is 869. The fourth-order valence-electron chi connectivity index (χ4n) is 2.16. The van der Waals surface area contributed by atoms with Gasteiger partial charge in [0, 0.05) is 4.91 Å². The Labute approximate surface area is 147 Å². The highest BCUT2D eigenvalue weighted by Gasteiger charge is 2.12. The van der Waals surface area contributed by atoms with E-state index < -0.39 is 5.97 Å². The second-order valence-electron chi connectivity index (χ2n) is 4.95. The van der Waals surface area contributed by atoms with Crippen LogP contribution in [0.5, 0.6) is 5.75 Å². The van der Waals surface area contributed by atoms with Crippen molar-refractivity contribution in [3.05, 3.63) is 59.1 Å². The van der Waals surface area contributed by atoms with Gasteiger partial charge in [-0.1, -0.05) is 24.3 Å². The fourth-order valence-corrected chi connectivity index (χ4v) is 4.01. The molecule has 2 aromatic carbocycles. The molecule has 1 N–H and O–H groups in total. The second-order valence-corrected chi connectivity index (χ2v) is 7.00. The Kier molecular flexibility index (Phi) is 5.17. The molecular formula is C18H15NO3S2. The molecule has 4 nitrogen and oxygen atoms in total. The van der Waals surface area contributed by atoms with Gasteiger partial charge in [0.05, 0.1) is 23.1 Å². The zero-order valence-electron chi connectivity index (χ0n) is 12.9. The van der Waals surface area contributed by atoms with E-state index in [0.717, 1.165) is 31.4 Å². The quantitative estimate of drug-likeness (QED) is 0.697. The zero-order valence-corrected chi connectivity index (χ0v) is 14.6. The van der Waals surface area contributed by atoms with Crippen molar-refractivity contribution >= 4 is 50.3 Å². The van der Waals surface area contributed by atoms with Crippen molar-refractivity contribution in [2.45, 2.75) is 0 Å². The summed E-state index contributed by atoms with van der Waals surface area (Å²) < 4.78 is 6.33. The van der Waals surface area contributed by atoms with E-state index in [4.69, 9.17) is 9.84 Å². The Morgan fingerprint density at radius 1 is 1.29 bits per heavy atom. The molecule has 1 heterocycles. The van der Waals surface area contributed by atoms with Crippen molar-refractivity contribution in [3.8, 4) is 5.75 Å². The molecule has 0 bridgehead atoms. The number of carboxylic acid groups (broad SMARTS) is 1. The normalized spacial score (nSPS) is 11.6. The zero-order chi connectivity index (χ0) is 16.9. The van der Waals surface area contributed by atoms with E-state index in [-0.39, 0.29) is 5.75 Å². The number of nitrogens with zero attached hydrogens (tertiary/aromatic N) is 1. The molecule has 0 aliphatic heterocycles. The largest absolute Gasteiger partial charge is 0.497 e. The van der Waals surface area contributed by atoms with Crippen LogP contribution in [-0.4, -0.2) is 28.9 Å². The molecule has 3 rings (SSSR count). The number of carboxylic acids is 1. The number of rotatable bonds is 6. The van der Waals surface area contributed by atoms with Gasteiger partial charge >= 0.3 is 5.97 Å². The Balaban J connectivity index is 2.01. The molecule has 0 amide bonds. The van der Waals surface area contributed by atoms with Crippen LogP contribution in [0.25, 0.3) is 21.2 Å². The van der Waals surface area contributed by atoms with Crippen molar-refractivity contribution < 1.29 is 14.6 Å². The number of aliphatic carboxylic acids is 1. The van der Waals surface area contributed by atoms with Crippen LogP contribution in [0.2, 0.25) is 0 Å². The van der Waals surface area contributed by atoms with Crippen LogP contribution in [-0.2, 0) is 4.79 Å². The molecule has 0 saturated heterocycles. The minimum absolute atomic E-state index is 0.00821. The third-order valence-corrected chi connectivity index (χ3v) is 5.46. The third kappa shape index (κ3) is 3.96. The molecule has 24 heavy (non-hydrogen) atoms. The predicted molar refractivity (Wildman–Crippen MR) is 101 cm³/mol. The first-order valence-electron chi connectivity index (χ1n) is 7.22. The molecule has 122 valence electrons. The van der Waals surface area contributed by atoms with Gasteiger partial charge in [-0.15, -0.1) is 23.1 Å². The minimum Gasteiger partial charge on any atom is -0.497 e. The molecule has 0 fully saturated rings. The van der Waals surface area contributed by atoms with E-state index in [9.17, 15) is 4.79 Å². The first-order chi connectivity index (χ1) is 11.7. The molecule has 0 saturated carbocycles. The summed E-state index contributed by atoms with van der Waals surface area (Å²) in [5.74, 6) is -0.0978. The number of hydrogen-bond donors (Lipinski definition) is 1. The number of ether oxygens (including phenoxy) is 1. The number of aromatic nitrogens is 1. The summed E-state index contributed by atoms with van der Waals surface area (Å²) in [5.41, 5.74) is 1.87. The van der Waals surface area contributed by atoms with Crippen LogP contribution >= 0.6 is 23.1 Å². The lowest BCUT2D eigenvalue weighted by Gasteiger charge is -2.04. The van der Waals surface area contributed by atoms with Crippen molar-refractivity contribution in [1.82, 2.24) is 4.98 Å². The number of thiazole rings is 1. The van der Waals surface area contributed by atoms with Crippen molar-refractivity contribution in [2.24, 2.45) is 0 Å². The van der Waals surface area contributed by atoms with Crippen LogP contribution in [0.3, 0.4) is 0 Å². The second kappa shape index (κ2) is 7.51. The topological polar surface area (TPSA) is 59.4 Å². The minimum atomic E-state index is -0.849.